The molecule has 0 amide bonds. The molecule has 20 heavy (non-hydrogen) atoms. The molecule has 108 valence electrons. The standard InChI is InChI=1S/C15H17ClN2S.BrH/c16-12-6-4-5-11(9-12)14-10-19-15(18-14)17-13-7-2-1-3-8-13;/h4-6,9-10,13H,1-3,7-8H2,(H,17,18);1H. The summed E-state index contributed by atoms with van der Waals surface area (Å²) in [6.07, 6.45) is 6.59. The van der Waals surface area contributed by atoms with Crippen LogP contribution in [0.5, 0.6) is 0 Å². The van der Waals surface area contributed by atoms with E-state index in [0.717, 1.165) is 21.4 Å². The molecule has 1 aromatic carbocycles. The minimum absolute atomic E-state index is 0. The number of nitrogens with zero attached hydrogens (tertiary/aromatic N) is 1. The Balaban J connectivity index is 0.00000147. The average Bonchev–Trinajstić information content (AvgIpc) is 2.88. The molecule has 0 radical (unpaired) electrons. The number of nitrogens with one attached hydrogen (secondary N) is 1. The molecule has 1 aliphatic carbocycles. The summed E-state index contributed by atoms with van der Waals surface area (Å²) in [5, 5.41) is 7.44. The molecular weight excluding hydrogens is 356 g/mol. The summed E-state index contributed by atoms with van der Waals surface area (Å²) in [5.41, 5.74) is 2.09. The van der Waals surface area contributed by atoms with Crippen molar-refractivity contribution in [2.75, 3.05) is 5.32 Å². The lowest BCUT2D eigenvalue weighted by Crippen LogP contribution is -2.21. The normalized spacial score (nSPS) is 15.7. The van der Waals surface area contributed by atoms with Crippen molar-refractivity contribution >= 4 is 45.1 Å². The van der Waals surface area contributed by atoms with Gasteiger partial charge in [0.05, 0.1) is 5.69 Å². The van der Waals surface area contributed by atoms with E-state index in [9.17, 15) is 0 Å². The van der Waals surface area contributed by atoms with Gasteiger partial charge in [-0.2, -0.15) is 0 Å². The summed E-state index contributed by atoms with van der Waals surface area (Å²) in [5.74, 6) is 0. The van der Waals surface area contributed by atoms with Crippen molar-refractivity contribution in [3.63, 3.8) is 0 Å². The van der Waals surface area contributed by atoms with Gasteiger partial charge in [-0.15, -0.1) is 28.3 Å². The number of anilines is 1. The van der Waals surface area contributed by atoms with Gasteiger partial charge in [-0.3, -0.25) is 0 Å². The Hall–Kier alpha value is -0.580. The third-order valence-electron chi connectivity index (χ3n) is 3.56. The monoisotopic (exact) mass is 372 g/mol. The molecule has 3 rings (SSSR count). The van der Waals surface area contributed by atoms with Gasteiger partial charge in [-0.05, 0) is 25.0 Å². The van der Waals surface area contributed by atoms with Gasteiger partial charge in [-0.25, -0.2) is 4.98 Å². The van der Waals surface area contributed by atoms with Crippen molar-refractivity contribution in [2.45, 2.75) is 38.1 Å². The first-order chi connectivity index (χ1) is 9.31. The first-order valence-corrected chi connectivity index (χ1v) is 8.05. The second-order valence-electron chi connectivity index (χ2n) is 5.03. The largest absolute Gasteiger partial charge is 0.359 e. The molecule has 1 fully saturated rings. The second-order valence-corrected chi connectivity index (χ2v) is 6.32. The molecule has 0 aliphatic heterocycles. The Morgan fingerprint density at radius 2 is 2.00 bits per heavy atom. The predicted molar refractivity (Wildman–Crippen MR) is 93.4 cm³/mol. The molecule has 0 bridgehead atoms. The number of thiazole rings is 1. The smallest absolute Gasteiger partial charge is 0.183 e. The number of halogens is 2. The van der Waals surface area contributed by atoms with Gasteiger partial charge in [0.25, 0.3) is 0 Å². The summed E-state index contributed by atoms with van der Waals surface area (Å²) in [4.78, 5) is 4.66. The number of rotatable bonds is 3. The lowest BCUT2D eigenvalue weighted by molar-refractivity contribution is 0.462. The van der Waals surface area contributed by atoms with Crippen LogP contribution in [0.15, 0.2) is 29.6 Å². The van der Waals surface area contributed by atoms with Crippen molar-refractivity contribution in [3.8, 4) is 11.3 Å². The zero-order chi connectivity index (χ0) is 13.1. The van der Waals surface area contributed by atoms with Crippen LogP contribution in [0.2, 0.25) is 5.02 Å². The van der Waals surface area contributed by atoms with Gasteiger partial charge in [0.1, 0.15) is 0 Å². The fourth-order valence-electron chi connectivity index (χ4n) is 2.54. The Kier molecular flexibility index (Phi) is 5.87. The topological polar surface area (TPSA) is 24.9 Å². The summed E-state index contributed by atoms with van der Waals surface area (Å²) in [7, 11) is 0. The van der Waals surface area contributed by atoms with Crippen LogP contribution in [0.1, 0.15) is 32.1 Å². The van der Waals surface area contributed by atoms with Crippen LogP contribution < -0.4 is 5.32 Å². The van der Waals surface area contributed by atoms with E-state index in [1.54, 1.807) is 11.3 Å². The van der Waals surface area contributed by atoms with Gasteiger partial charge in [0.2, 0.25) is 0 Å². The Morgan fingerprint density at radius 3 is 2.75 bits per heavy atom. The Labute approximate surface area is 139 Å². The zero-order valence-electron chi connectivity index (χ0n) is 11.1. The molecule has 2 aromatic rings. The summed E-state index contributed by atoms with van der Waals surface area (Å²) in [6.45, 7) is 0. The van der Waals surface area contributed by atoms with Crippen LogP contribution >= 0.6 is 39.9 Å². The van der Waals surface area contributed by atoms with E-state index in [2.05, 4.69) is 15.7 Å². The molecule has 0 unspecified atom stereocenters. The molecule has 1 heterocycles. The summed E-state index contributed by atoms with van der Waals surface area (Å²) < 4.78 is 0. The van der Waals surface area contributed by atoms with Crippen LogP contribution in [0.3, 0.4) is 0 Å². The first-order valence-electron chi connectivity index (χ1n) is 6.79. The maximum absolute atomic E-state index is 6.02. The first kappa shape index (κ1) is 15.8. The molecule has 0 saturated heterocycles. The van der Waals surface area contributed by atoms with Crippen LogP contribution in [0.25, 0.3) is 11.3 Å². The quantitative estimate of drug-likeness (QED) is 0.737. The van der Waals surface area contributed by atoms with Crippen molar-refractivity contribution < 1.29 is 0 Å². The molecule has 1 N–H and O–H groups in total. The second kappa shape index (κ2) is 7.43. The molecule has 5 heteroatoms. The van der Waals surface area contributed by atoms with Gasteiger partial charge >= 0.3 is 0 Å². The van der Waals surface area contributed by atoms with Crippen LogP contribution in [-0.2, 0) is 0 Å². The van der Waals surface area contributed by atoms with Crippen molar-refractivity contribution in [2.24, 2.45) is 0 Å². The van der Waals surface area contributed by atoms with E-state index in [1.807, 2.05) is 24.3 Å². The number of hydrogen-bond donors (Lipinski definition) is 1. The fourth-order valence-corrected chi connectivity index (χ4v) is 3.53. The highest BCUT2D eigenvalue weighted by Crippen LogP contribution is 2.28. The van der Waals surface area contributed by atoms with E-state index < -0.39 is 0 Å². The fraction of sp³-hybridized carbons (Fsp3) is 0.400. The van der Waals surface area contributed by atoms with Gasteiger partial charge in [0.15, 0.2) is 5.13 Å². The SMILES string of the molecule is Br.Clc1cccc(-c2csc(NC3CCCCC3)n2)c1. The maximum atomic E-state index is 6.02. The van der Waals surface area contributed by atoms with Crippen LogP contribution in [0, 0.1) is 0 Å². The molecule has 1 saturated carbocycles. The Bertz CT molecular complexity index is 552. The molecule has 0 spiro atoms. The molecule has 0 atom stereocenters. The van der Waals surface area contributed by atoms with Gasteiger partial charge in [-0.1, -0.05) is 43.0 Å². The van der Waals surface area contributed by atoms with E-state index in [0.29, 0.717) is 6.04 Å². The van der Waals surface area contributed by atoms with Gasteiger partial charge in [0, 0.05) is 22.0 Å². The van der Waals surface area contributed by atoms with Crippen molar-refractivity contribution in [3.05, 3.63) is 34.7 Å². The number of benzene rings is 1. The highest BCUT2D eigenvalue weighted by molar-refractivity contribution is 8.93. The highest BCUT2D eigenvalue weighted by atomic mass is 79.9. The third-order valence-corrected chi connectivity index (χ3v) is 4.57. The van der Waals surface area contributed by atoms with E-state index in [-0.39, 0.29) is 17.0 Å². The Morgan fingerprint density at radius 1 is 1.20 bits per heavy atom. The van der Waals surface area contributed by atoms with E-state index in [1.165, 1.54) is 32.1 Å². The van der Waals surface area contributed by atoms with Gasteiger partial charge < -0.3 is 5.32 Å². The predicted octanol–water partition coefficient (Wildman–Crippen LogP) is 5.79. The van der Waals surface area contributed by atoms with Crippen molar-refractivity contribution in [1.82, 2.24) is 4.98 Å². The average molecular weight is 374 g/mol. The molecule has 2 nitrogen and oxygen atoms in total. The molecule has 1 aliphatic rings. The maximum Gasteiger partial charge on any atom is 0.183 e. The minimum Gasteiger partial charge on any atom is -0.359 e. The summed E-state index contributed by atoms with van der Waals surface area (Å²) in [6, 6.07) is 8.46. The number of hydrogen-bond acceptors (Lipinski definition) is 3. The van der Waals surface area contributed by atoms with Crippen molar-refractivity contribution in [1.29, 1.82) is 0 Å². The zero-order valence-corrected chi connectivity index (χ0v) is 14.4. The summed E-state index contributed by atoms with van der Waals surface area (Å²) >= 11 is 7.70. The van der Waals surface area contributed by atoms with Crippen LogP contribution in [0.4, 0.5) is 5.13 Å². The van der Waals surface area contributed by atoms with E-state index in [4.69, 9.17) is 11.6 Å². The number of aromatic nitrogens is 1. The minimum atomic E-state index is 0. The highest BCUT2D eigenvalue weighted by Gasteiger charge is 2.14. The molecule has 1 aromatic heterocycles. The van der Waals surface area contributed by atoms with Crippen LogP contribution in [-0.4, -0.2) is 11.0 Å². The lowest BCUT2D eigenvalue weighted by atomic mass is 9.96. The molecular formula is C15H18BrClN2S. The third kappa shape index (κ3) is 3.96. The van der Waals surface area contributed by atoms with E-state index >= 15 is 0 Å². The lowest BCUT2D eigenvalue weighted by Gasteiger charge is -2.22.